The van der Waals surface area contributed by atoms with Crippen LogP contribution in [0.1, 0.15) is 11.1 Å². The van der Waals surface area contributed by atoms with Crippen LogP contribution in [0.3, 0.4) is 0 Å². The van der Waals surface area contributed by atoms with Gasteiger partial charge in [-0.25, -0.2) is 0 Å². The molecule has 2 nitrogen and oxygen atoms in total. The van der Waals surface area contributed by atoms with E-state index in [9.17, 15) is 0 Å². The lowest BCUT2D eigenvalue weighted by atomic mass is 10.2. The van der Waals surface area contributed by atoms with Gasteiger partial charge in [0.1, 0.15) is 6.61 Å². The number of hydrogen-bond donors (Lipinski definition) is 0. The van der Waals surface area contributed by atoms with Crippen LogP contribution in [0.25, 0.3) is 0 Å². The van der Waals surface area contributed by atoms with Crippen LogP contribution in [-0.2, 0) is 11.4 Å². The Morgan fingerprint density at radius 2 is 1.72 bits per heavy atom. The van der Waals surface area contributed by atoms with Crippen molar-refractivity contribution in [3.8, 4) is 0 Å². The first-order chi connectivity index (χ1) is 8.75. The second-order valence-electron chi connectivity index (χ2n) is 3.65. The zero-order valence-electron chi connectivity index (χ0n) is 9.51. The molecule has 0 aliphatic carbocycles. The van der Waals surface area contributed by atoms with Crippen LogP contribution in [0.4, 0.5) is 0 Å². The Morgan fingerprint density at radius 3 is 2.39 bits per heavy atom. The second-order valence-corrected chi connectivity index (χ2v) is 4.84. The molecule has 2 aromatic carbocycles. The smallest absolute Gasteiger partial charge is 0.152 e. The Kier molecular flexibility index (Phi) is 4.79. The second kappa shape index (κ2) is 6.57. The summed E-state index contributed by atoms with van der Waals surface area (Å²) in [5.74, 6) is 0. The summed E-state index contributed by atoms with van der Waals surface area (Å²) in [6.45, 7) is 0.448. The predicted octanol–water partition coefficient (Wildman–Crippen LogP) is 4.61. The zero-order valence-corrected chi connectivity index (χ0v) is 11.9. The summed E-state index contributed by atoms with van der Waals surface area (Å²) < 4.78 is 0.648. The molecule has 0 atom stereocenters. The lowest BCUT2D eigenvalue weighted by molar-refractivity contribution is 0.131. The highest BCUT2D eigenvalue weighted by molar-refractivity contribution is 9.18. The maximum atomic E-state index is 5.81. The van der Waals surface area contributed by atoms with E-state index < -0.39 is 0 Å². The van der Waals surface area contributed by atoms with Crippen LogP contribution >= 0.6 is 27.5 Å². The van der Waals surface area contributed by atoms with Crippen molar-refractivity contribution in [2.24, 2.45) is 5.16 Å². The quantitative estimate of drug-likeness (QED) is 0.594. The van der Waals surface area contributed by atoms with Crippen molar-refractivity contribution in [2.45, 2.75) is 6.61 Å². The van der Waals surface area contributed by atoms with Gasteiger partial charge in [0.15, 0.2) is 4.62 Å². The Bertz CT molecular complexity index is 525. The summed E-state index contributed by atoms with van der Waals surface area (Å²) in [6, 6.07) is 17.3. The molecule has 0 heterocycles. The molecule has 4 heteroatoms. The molecule has 92 valence electrons. The Balaban J connectivity index is 1.95. The van der Waals surface area contributed by atoms with Crippen LogP contribution in [0, 0.1) is 0 Å². The molecule has 18 heavy (non-hydrogen) atoms. The highest BCUT2D eigenvalue weighted by Crippen LogP contribution is 2.13. The summed E-state index contributed by atoms with van der Waals surface area (Å²) in [7, 11) is 0. The van der Waals surface area contributed by atoms with Crippen molar-refractivity contribution in [3.05, 3.63) is 70.7 Å². The largest absolute Gasteiger partial charge is 0.390 e. The lowest BCUT2D eigenvalue weighted by Crippen LogP contribution is -1.93. The van der Waals surface area contributed by atoms with Gasteiger partial charge in [0.25, 0.3) is 0 Å². The first-order valence-corrected chi connectivity index (χ1v) is 6.58. The van der Waals surface area contributed by atoms with Gasteiger partial charge < -0.3 is 4.84 Å². The SMILES string of the molecule is Clc1ccc(/C(Br)=N/OCc2ccccc2)cc1. The molecule has 2 rings (SSSR count). The van der Waals surface area contributed by atoms with Gasteiger partial charge in [-0.2, -0.15) is 0 Å². The molecular weight excluding hydrogens is 314 g/mol. The van der Waals surface area contributed by atoms with Gasteiger partial charge in [0.05, 0.1) is 0 Å². The molecule has 0 fully saturated rings. The molecule has 0 saturated heterocycles. The Hall–Kier alpha value is -1.32. The van der Waals surface area contributed by atoms with Gasteiger partial charge in [-0.3, -0.25) is 0 Å². The van der Waals surface area contributed by atoms with E-state index in [1.807, 2.05) is 54.6 Å². The number of rotatable bonds is 4. The van der Waals surface area contributed by atoms with Crippen LogP contribution in [0.2, 0.25) is 5.02 Å². The number of benzene rings is 2. The van der Waals surface area contributed by atoms with E-state index in [0.717, 1.165) is 11.1 Å². The van der Waals surface area contributed by atoms with E-state index in [2.05, 4.69) is 21.1 Å². The van der Waals surface area contributed by atoms with Gasteiger partial charge in [-0.15, -0.1) is 0 Å². The maximum Gasteiger partial charge on any atom is 0.152 e. The number of nitrogens with zero attached hydrogens (tertiary/aromatic N) is 1. The molecule has 0 aliphatic heterocycles. The summed E-state index contributed by atoms with van der Waals surface area (Å²) >= 11 is 9.18. The first-order valence-electron chi connectivity index (χ1n) is 5.41. The standard InChI is InChI=1S/C14H11BrClNO/c15-14(12-6-8-13(16)9-7-12)17-18-10-11-4-2-1-3-5-11/h1-9H,10H2/b17-14-. The van der Waals surface area contributed by atoms with Crippen LogP contribution in [0.5, 0.6) is 0 Å². The van der Waals surface area contributed by atoms with Crippen LogP contribution in [-0.4, -0.2) is 4.62 Å². The first kappa shape index (κ1) is 13.1. The summed E-state index contributed by atoms with van der Waals surface area (Å²) in [5.41, 5.74) is 2.00. The van der Waals surface area contributed by atoms with E-state index in [1.54, 1.807) is 0 Å². The van der Waals surface area contributed by atoms with Gasteiger partial charge >= 0.3 is 0 Å². The van der Waals surface area contributed by atoms with Gasteiger partial charge in [-0.1, -0.05) is 59.2 Å². The fraction of sp³-hybridized carbons (Fsp3) is 0.0714. The third-order valence-corrected chi connectivity index (χ3v) is 3.16. The Labute approximate surface area is 119 Å². The van der Waals surface area contributed by atoms with Gasteiger partial charge in [-0.05, 0) is 33.6 Å². The van der Waals surface area contributed by atoms with Crippen molar-refractivity contribution in [1.82, 2.24) is 0 Å². The van der Waals surface area contributed by atoms with Crippen molar-refractivity contribution in [1.29, 1.82) is 0 Å². The van der Waals surface area contributed by atoms with Gasteiger partial charge in [0, 0.05) is 10.6 Å². The summed E-state index contributed by atoms with van der Waals surface area (Å²) in [4.78, 5) is 5.27. The molecule has 0 N–H and O–H groups in total. The minimum absolute atomic E-state index is 0.448. The average Bonchev–Trinajstić information content (AvgIpc) is 2.40. The third-order valence-electron chi connectivity index (χ3n) is 2.30. The maximum absolute atomic E-state index is 5.81. The number of hydrogen-bond acceptors (Lipinski definition) is 2. The fourth-order valence-electron chi connectivity index (χ4n) is 1.38. The normalized spacial score (nSPS) is 11.3. The molecule has 0 spiro atoms. The zero-order chi connectivity index (χ0) is 12.8. The van der Waals surface area contributed by atoms with E-state index in [4.69, 9.17) is 16.4 Å². The van der Waals surface area contributed by atoms with Crippen LogP contribution in [0.15, 0.2) is 59.8 Å². The minimum Gasteiger partial charge on any atom is -0.390 e. The predicted molar refractivity (Wildman–Crippen MR) is 78.1 cm³/mol. The minimum atomic E-state index is 0.448. The van der Waals surface area contributed by atoms with Crippen molar-refractivity contribution in [3.63, 3.8) is 0 Å². The monoisotopic (exact) mass is 323 g/mol. The summed E-state index contributed by atoms with van der Waals surface area (Å²) in [5, 5.41) is 4.71. The molecule has 0 radical (unpaired) electrons. The van der Waals surface area contributed by atoms with E-state index >= 15 is 0 Å². The molecule has 0 aliphatic rings. The summed E-state index contributed by atoms with van der Waals surface area (Å²) in [6.07, 6.45) is 0. The number of oxime groups is 1. The molecular formula is C14H11BrClNO. The molecule has 0 unspecified atom stereocenters. The van der Waals surface area contributed by atoms with Crippen molar-refractivity contribution < 1.29 is 4.84 Å². The molecule has 0 aromatic heterocycles. The molecule has 2 aromatic rings. The van der Waals surface area contributed by atoms with Crippen molar-refractivity contribution in [2.75, 3.05) is 0 Å². The Morgan fingerprint density at radius 1 is 1.06 bits per heavy atom. The molecule has 0 saturated carbocycles. The third kappa shape index (κ3) is 3.86. The number of halogens is 2. The lowest BCUT2D eigenvalue weighted by Gasteiger charge is -2.01. The van der Waals surface area contributed by atoms with E-state index in [-0.39, 0.29) is 0 Å². The molecule has 0 bridgehead atoms. The fourth-order valence-corrected chi connectivity index (χ4v) is 1.87. The van der Waals surface area contributed by atoms with E-state index in [0.29, 0.717) is 16.3 Å². The van der Waals surface area contributed by atoms with Crippen LogP contribution < -0.4 is 0 Å². The van der Waals surface area contributed by atoms with Gasteiger partial charge in [0.2, 0.25) is 0 Å². The van der Waals surface area contributed by atoms with E-state index in [1.165, 1.54) is 0 Å². The highest BCUT2D eigenvalue weighted by Gasteiger charge is 2.00. The highest BCUT2D eigenvalue weighted by atomic mass is 79.9. The van der Waals surface area contributed by atoms with Crippen molar-refractivity contribution >= 4 is 32.2 Å². The average molecular weight is 325 g/mol. The topological polar surface area (TPSA) is 21.6 Å². The molecule has 0 amide bonds.